The molecule has 2 aromatic heterocycles. The summed E-state index contributed by atoms with van der Waals surface area (Å²) in [5.41, 5.74) is 3.18. The molecule has 0 amide bonds. The number of H-pyrrole nitrogens is 1. The van der Waals surface area contributed by atoms with E-state index in [2.05, 4.69) is 16.3 Å². The highest BCUT2D eigenvalue weighted by atomic mass is 19.2. The Balaban J connectivity index is 1.61. The maximum Gasteiger partial charge on any atom is 0.335 e. The fourth-order valence-electron chi connectivity index (χ4n) is 5.76. The lowest BCUT2D eigenvalue weighted by atomic mass is 9.82. The first-order chi connectivity index (χ1) is 17.4. The van der Waals surface area contributed by atoms with Gasteiger partial charge in [-0.25, -0.2) is 13.6 Å². The number of carboxylic acids is 1. The average molecular weight is 496 g/mol. The molecule has 2 N–H and O–H groups in total. The maximum atomic E-state index is 14.5. The number of hydrogen-bond donors (Lipinski definition) is 2. The van der Waals surface area contributed by atoms with Gasteiger partial charge >= 0.3 is 5.97 Å². The molecular weight excluding hydrogens is 468 g/mol. The van der Waals surface area contributed by atoms with E-state index < -0.39 is 23.2 Å². The van der Waals surface area contributed by atoms with E-state index in [4.69, 9.17) is 9.47 Å². The fraction of sp³-hybridized carbons (Fsp3) is 0.407. The standard InChI is InChI=1S/C27H27F2N3O4/c1-27(26(33)34)7-4-16(14-36-27)24-19-12-22-17(13-30-31-22)10-23(19)32(18-2-3-20(28)21(29)11-18)25(24)15-5-8-35-9-6-15/h2-3,10-13,15-16H,4-9,14H2,1H3,(H,30,31)(H,33,34)/t16-,27+/m0/s1. The Labute approximate surface area is 206 Å². The van der Waals surface area contributed by atoms with Crippen LogP contribution in [0.4, 0.5) is 8.78 Å². The van der Waals surface area contributed by atoms with Crippen molar-refractivity contribution in [2.75, 3.05) is 19.8 Å². The SMILES string of the molecule is C[C@]1(C(=O)O)CC[C@H](c2c(C3CCOCC3)n(-c3ccc(F)c(F)c3)c3cc4cn[nH]c4cc23)CO1. The minimum atomic E-state index is -1.22. The highest BCUT2D eigenvalue weighted by molar-refractivity contribution is 5.99. The van der Waals surface area contributed by atoms with Gasteiger partial charge in [-0.2, -0.15) is 5.10 Å². The van der Waals surface area contributed by atoms with Crippen molar-refractivity contribution in [3.05, 3.63) is 59.4 Å². The highest BCUT2D eigenvalue weighted by Crippen LogP contribution is 2.46. The Bertz CT molecular complexity index is 1460. The molecule has 2 saturated heterocycles. The molecule has 2 aliphatic heterocycles. The van der Waals surface area contributed by atoms with E-state index in [9.17, 15) is 18.7 Å². The number of aliphatic carboxylic acids is 1. The van der Waals surface area contributed by atoms with Crippen LogP contribution in [0, 0.1) is 11.6 Å². The normalized spacial score (nSPS) is 23.5. The van der Waals surface area contributed by atoms with Crippen LogP contribution in [0.25, 0.3) is 27.5 Å². The van der Waals surface area contributed by atoms with Crippen LogP contribution in [0.2, 0.25) is 0 Å². The predicted molar refractivity (Wildman–Crippen MR) is 130 cm³/mol. The Morgan fingerprint density at radius 1 is 1.14 bits per heavy atom. The van der Waals surface area contributed by atoms with Crippen molar-refractivity contribution < 1.29 is 28.2 Å². The summed E-state index contributed by atoms with van der Waals surface area (Å²) >= 11 is 0. The molecule has 0 aliphatic carbocycles. The number of nitrogens with one attached hydrogen (secondary N) is 1. The van der Waals surface area contributed by atoms with E-state index in [0.29, 0.717) is 31.7 Å². The van der Waals surface area contributed by atoms with Gasteiger partial charge in [0.2, 0.25) is 0 Å². The number of fused-ring (bicyclic) bond motifs is 2. The molecule has 4 aromatic rings. The number of carboxylic acid groups (broad SMARTS) is 1. The van der Waals surface area contributed by atoms with Gasteiger partial charge in [-0.3, -0.25) is 5.10 Å². The predicted octanol–water partition coefficient (Wildman–Crippen LogP) is 5.42. The lowest BCUT2D eigenvalue weighted by Gasteiger charge is -2.35. The summed E-state index contributed by atoms with van der Waals surface area (Å²) in [6.07, 6.45) is 4.36. The summed E-state index contributed by atoms with van der Waals surface area (Å²) < 4.78 is 42.0. The second-order valence-corrected chi connectivity index (χ2v) is 10.0. The molecule has 4 heterocycles. The van der Waals surface area contributed by atoms with Crippen molar-refractivity contribution in [3.63, 3.8) is 0 Å². The fourth-order valence-corrected chi connectivity index (χ4v) is 5.76. The smallest absolute Gasteiger partial charge is 0.335 e. The van der Waals surface area contributed by atoms with Gasteiger partial charge in [0.25, 0.3) is 0 Å². The van der Waals surface area contributed by atoms with Crippen LogP contribution < -0.4 is 0 Å². The first-order valence-electron chi connectivity index (χ1n) is 12.3. The van der Waals surface area contributed by atoms with E-state index >= 15 is 0 Å². The van der Waals surface area contributed by atoms with Crippen LogP contribution in [-0.4, -0.2) is 51.3 Å². The third-order valence-electron chi connectivity index (χ3n) is 7.81. The van der Waals surface area contributed by atoms with Crippen molar-refractivity contribution >= 4 is 27.8 Å². The molecule has 7 nitrogen and oxygen atoms in total. The molecule has 0 unspecified atom stereocenters. The summed E-state index contributed by atoms with van der Waals surface area (Å²) in [7, 11) is 0. The molecule has 0 bridgehead atoms. The first-order valence-corrected chi connectivity index (χ1v) is 12.3. The van der Waals surface area contributed by atoms with Gasteiger partial charge in [0, 0.05) is 53.3 Å². The number of carbonyl (C=O) groups is 1. The topological polar surface area (TPSA) is 89.4 Å². The molecule has 0 spiro atoms. The van der Waals surface area contributed by atoms with Crippen LogP contribution in [0.5, 0.6) is 0 Å². The molecule has 188 valence electrons. The van der Waals surface area contributed by atoms with Crippen LogP contribution in [0.15, 0.2) is 36.5 Å². The third-order valence-corrected chi connectivity index (χ3v) is 7.81. The summed E-state index contributed by atoms with van der Waals surface area (Å²) in [5.74, 6) is -2.68. The van der Waals surface area contributed by atoms with Gasteiger partial charge in [0.1, 0.15) is 0 Å². The largest absolute Gasteiger partial charge is 0.479 e. The maximum absolute atomic E-state index is 14.5. The van der Waals surface area contributed by atoms with Crippen molar-refractivity contribution in [2.24, 2.45) is 0 Å². The molecule has 2 fully saturated rings. The molecule has 2 aromatic carbocycles. The zero-order chi connectivity index (χ0) is 25.0. The summed E-state index contributed by atoms with van der Waals surface area (Å²) in [5, 5.41) is 18.8. The van der Waals surface area contributed by atoms with Crippen molar-refractivity contribution in [1.82, 2.24) is 14.8 Å². The van der Waals surface area contributed by atoms with Crippen LogP contribution in [0.3, 0.4) is 0 Å². The minimum Gasteiger partial charge on any atom is -0.479 e. The third kappa shape index (κ3) is 3.69. The van der Waals surface area contributed by atoms with Gasteiger partial charge in [-0.15, -0.1) is 0 Å². The highest BCUT2D eigenvalue weighted by Gasteiger charge is 2.41. The molecule has 2 atom stereocenters. The number of rotatable bonds is 4. The molecule has 9 heteroatoms. The number of halogens is 2. The number of ether oxygens (including phenoxy) is 2. The lowest BCUT2D eigenvalue weighted by molar-refractivity contribution is -0.170. The number of hydrogen-bond acceptors (Lipinski definition) is 4. The van der Waals surface area contributed by atoms with E-state index in [1.54, 1.807) is 19.2 Å². The van der Waals surface area contributed by atoms with Crippen LogP contribution in [0.1, 0.15) is 55.7 Å². The van der Waals surface area contributed by atoms with Gasteiger partial charge in [0.15, 0.2) is 17.2 Å². The Hall–Kier alpha value is -3.30. The molecule has 2 aliphatic rings. The lowest BCUT2D eigenvalue weighted by Crippen LogP contribution is -2.43. The molecule has 6 rings (SSSR count). The molecule has 0 radical (unpaired) electrons. The number of nitrogens with zero attached hydrogens (tertiary/aromatic N) is 2. The second kappa shape index (κ2) is 8.67. The second-order valence-electron chi connectivity index (χ2n) is 10.0. The minimum absolute atomic E-state index is 0.0512. The zero-order valence-electron chi connectivity index (χ0n) is 19.9. The summed E-state index contributed by atoms with van der Waals surface area (Å²) in [6, 6.07) is 8.06. The number of benzene rings is 2. The van der Waals surface area contributed by atoms with Gasteiger partial charge in [0.05, 0.1) is 23.8 Å². The Kier molecular flexibility index (Phi) is 5.57. The van der Waals surface area contributed by atoms with Gasteiger partial charge < -0.3 is 19.1 Å². The van der Waals surface area contributed by atoms with Crippen molar-refractivity contribution in [3.8, 4) is 5.69 Å². The van der Waals surface area contributed by atoms with E-state index in [1.807, 2.05) is 10.6 Å². The van der Waals surface area contributed by atoms with Crippen molar-refractivity contribution in [1.29, 1.82) is 0 Å². The quantitative estimate of drug-likeness (QED) is 0.395. The van der Waals surface area contributed by atoms with Gasteiger partial charge in [-0.05, 0) is 62.4 Å². The van der Waals surface area contributed by atoms with E-state index in [1.165, 1.54) is 6.07 Å². The van der Waals surface area contributed by atoms with Gasteiger partial charge in [-0.1, -0.05) is 0 Å². The Morgan fingerprint density at radius 2 is 1.94 bits per heavy atom. The molecule has 36 heavy (non-hydrogen) atoms. The summed E-state index contributed by atoms with van der Waals surface area (Å²) in [4.78, 5) is 11.8. The summed E-state index contributed by atoms with van der Waals surface area (Å²) in [6.45, 7) is 3.11. The van der Waals surface area contributed by atoms with Crippen LogP contribution in [-0.2, 0) is 14.3 Å². The van der Waals surface area contributed by atoms with Crippen molar-refractivity contribution in [2.45, 2.75) is 50.0 Å². The number of aromatic amines is 1. The monoisotopic (exact) mass is 495 g/mol. The first kappa shape index (κ1) is 23.1. The van der Waals surface area contributed by atoms with Crippen LogP contribution >= 0.6 is 0 Å². The molecular formula is C27H27F2N3O4. The zero-order valence-corrected chi connectivity index (χ0v) is 19.9. The van der Waals surface area contributed by atoms with E-state index in [-0.39, 0.29) is 18.4 Å². The Morgan fingerprint density at radius 3 is 2.64 bits per heavy atom. The average Bonchev–Trinajstić information content (AvgIpc) is 3.47. The number of aromatic nitrogens is 3. The molecule has 0 saturated carbocycles. The van der Waals surface area contributed by atoms with E-state index in [0.717, 1.165) is 52.0 Å².